The molecule has 0 unspecified atom stereocenters. The summed E-state index contributed by atoms with van der Waals surface area (Å²) in [6.45, 7) is 3.70. The fourth-order valence-electron chi connectivity index (χ4n) is 2.94. The van der Waals surface area contributed by atoms with E-state index in [1.165, 1.54) is 11.0 Å². The van der Waals surface area contributed by atoms with Gasteiger partial charge >= 0.3 is 5.97 Å². The highest BCUT2D eigenvalue weighted by molar-refractivity contribution is 6.15. The quantitative estimate of drug-likeness (QED) is 0.481. The predicted molar refractivity (Wildman–Crippen MR) is 91.8 cm³/mol. The van der Waals surface area contributed by atoms with Crippen LogP contribution in [0.1, 0.15) is 63.4 Å². The molecule has 0 spiro atoms. The highest BCUT2D eigenvalue weighted by Crippen LogP contribution is 2.43. The molecule has 0 bridgehead atoms. The molecule has 3 aromatic rings. The lowest BCUT2D eigenvalue weighted by molar-refractivity contribution is 0.0512. The van der Waals surface area contributed by atoms with Gasteiger partial charge in [-0.1, -0.05) is 5.16 Å². The van der Waals surface area contributed by atoms with Crippen LogP contribution in [0.3, 0.4) is 0 Å². The number of hydrogen-bond acceptors (Lipinski definition) is 8. The van der Waals surface area contributed by atoms with Crippen molar-refractivity contribution in [1.82, 2.24) is 25.4 Å². The van der Waals surface area contributed by atoms with Crippen molar-refractivity contribution < 1.29 is 18.8 Å². The molecule has 0 atom stereocenters. The number of benzene rings is 1. The van der Waals surface area contributed by atoms with E-state index in [0.717, 1.165) is 24.1 Å². The number of hydrogen-bond donors (Lipinski definition) is 0. The molecule has 1 saturated carbocycles. The van der Waals surface area contributed by atoms with E-state index in [2.05, 4.69) is 20.7 Å². The number of ketones is 1. The van der Waals surface area contributed by atoms with Crippen molar-refractivity contribution in [3.05, 3.63) is 52.7 Å². The van der Waals surface area contributed by atoms with Crippen molar-refractivity contribution in [3.63, 3.8) is 0 Å². The minimum atomic E-state index is -0.653. The van der Waals surface area contributed by atoms with Gasteiger partial charge in [-0.25, -0.2) is 9.48 Å². The minimum absolute atomic E-state index is 0.0623. The van der Waals surface area contributed by atoms with E-state index in [-0.39, 0.29) is 29.6 Å². The number of tetrazole rings is 1. The molecule has 9 nitrogen and oxygen atoms in total. The smallest absolute Gasteiger partial charge is 0.361 e. The topological polar surface area (TPSA) is 113 Å². The van der Waals surface area contributed by atoms with E-state index in [0.29, 0.717) is 11.3 Å². The van der Waals surface area contributed by atoms with Gasteiger partial charge in [-0.3, -0.25) is 4.79 Å². The summed E-state index contributed by atoms with van der Waals surface area (Å²) in [6.07, 6.45) is 3.30. The zero-order valence-electron chi connectivity index (χ0n) is 14.9. The Morgan fingerprint density at radius 2 is 2.15 bits per heavy atom. The van der Waals surface area contributed by atoms with Gasteiger partial charge in [0.1, 0.15) is 11.9 Å². The summed E-state index contributed by atoms with van der Waals surface area (Å²) in [5.74, 6) is -0.367. The van der Waals surface area contributed by atoms with Crippen molar-refractivity contribution in [2.24, 2.45) is 0 Å². The molecule has 4 rings (SSSR count). The second-order valence-corrected chi connectivity index (χ2v) is 6.35. The van der Waals surface area contributed by atoms with Gasteiger partial charge in [0.2, 0.25) is 5.69 Å². The number of ether oxygens (including phenoxy) is 1. The minimum Gasteiger partial charge on any atom is -0.461 e. The van der Waals surface area contributed by atoms with Gasteiger partial charge in [-0.2, -0.15) is 0 Å². The maximum atomic E-state index is 13.3. The first-order valence-electron chi connectivity index (χ1n) is 8.65. The molecule has 2 aromatic heterocycles. The van der Waals surface area contributed by atoms with Crippen LogP contribution in [0.2, 0.25) is 0 Å². The molecule has 0 N–H and O–H groups in total. The van der Waals surface area contributed by atoms with Crippen LogP contribution in [0.25, 0.3) is 5.69 Å². The normalized spacial score (nSPS) is 13.6. The highest BCUT2D eigenvalue weighted by atomic mass is 16.5. The van der Waals surface area contributed by atoms with Crippen molar-refractivity contribution in [2.75, 3.05) is 6.61 Å². The van der Waals surface area contributed by atoms with Crippen LogP contribution in [0.15, 0.2) is 29.0 Å². The van der Waals surface area contributed by atoms with E-state index in [9.17, 15) is 9.59 Å². The molecule has 138 valence electrons. The largest absolute Gasteiger partial charge is 0.461 e. The summed E-state index contributed by atoms with van der Waals surface area (Å²) < 4.78 is 11.9. The maximum Gasteiger partial charge on any atom is 0.361 e. The van der Waals surface area contributed by atoms with Gasteiger partial charge in [0, 0.05) is 11.5 Å². The Hall–Kier alpha value is -3.36. The molecule has 2 heterocycles. The molecule has 0 saturated heterocycles. The average Bonchev–Trinajstić information content (AvgIpc) is 3.19. The second-order valence-electron chi connectivity index (χ2n) is 6.35. The molecule has 1 aliphatic rings. The number of nitrogens with zero attached hydrogens (tertiary/aromatic N) is 5. The van der Waals surface area contributed by atoms with Crippen molar-refractivity contribution >= 4 is 11.8 Å². The predicted octanol–water partition coefficient (Wildman–Crippen LogP) is 2.24. The SMILES string of the molecule is CCOC(=O)c1noc(C2CC2)c1C(=O)c1ccc(-n2cnnn2)cc1C. The van der Waals surface area contributed by atoms with Gasteiger partial charge in [0.25, 0.3) is 0 Å². The Morgan fingerprint density at radius 1 is 1.33 bits per heavy atom. The van der Waals surface area contributed by atoms with E-state index in [1.807, 2.05) is 6.92 Å². The van der Waals surface area contributed by atoms with E-state index < -0.39 is 5.97 Å². The highest BCUT2D eigenvalue weighted by Gasteiger charge is 2.37. The van der Waals surface area contributed by atoms with Crippen LogP contribution >= 0.6 is 0 Å². The Balaban J connectivity index is 1.74. The van der Waals surface area contributed by atoms with Crippen LogP contribution in [0, 0.1) is 6.92 Å². The molecule has 0 aliphatic heterocycles. The van der Waals surface area contributed by atoms with Gasteiger partial charge in [-0.05, 0) is 60.9 Å². The lowest BCUT2D eigenvalue weighted by atomic mass is 9.96. The maximum absolute atomic E-state index is 13.3. The molecule has 9 heteroatoms. The van der Waals surface area contributed by atoms with E-state index in [4.69, 9.17) is 9.26 Å². The van der Waals surface area contributed by atoms with Gasteiger partial charge in [0.05, 0.1) is 12.3 Å². The summed E-state index contributed by atoms with van der Waals surface area (Å²) >= 11 is 0. The monoisotopic (exact) mass is 367 g/mol. The number of carbonyl (C=O) groups excluding carboxylic acids is 2. The molecule has 0 radical (unpaired) electrons. The van der Waals surface area contributed by atoms with Gasteiger partial charge in [0.15, 0.2) is 11.5 Å². The summed E-state index contributed by atoms with van der Waals surface area (Å²) in [6, 6.07) is 5.23. The fourth-order valence-corrected chi connectivity index (χ4v) is 2.94. The standard InChI is InChI=1S/C18H17N5O4/c1-3-26-18(25)15-14(17(27-20-15)11-4-5-11)16(24)13-7-6-12(8-10(13)2)23-9-19-21-22-23/h6-9,11H,3-5H2,1-2H3. The number of aryl methyl sites for hydroxylation is 1. The van der Waals surface area contributed by atoms with Crippen LogP contribution < -0.4 is 0 Å². The van der Waals surface area contributed by atoms with Gasteiger partial charge < -0.3 is 9.26 Å². The fraction of sp³-hybridized carbons (Fsp3) is 0.333. The zero-order valence-corrected chi connectivity index (χ0v) is 14.9. The molecule has 27 heavy (non-hydrogen) atoms. The lowest BCUT2D eigenvalue weighted by Gasteiger charge is -2.08. The van der Waals surface area contributed by atoms with E-state index in [1.54, 1.807) is 25.1 Å². The second kappa shape index (κ2) is 6.75. The van der Waals surface area contributed by atoms with Crippen molar-refractivity contribution in [1.29, 1.82) is 0 Å². The Morgan fingerprint density at radius 3 is 2.78 bits per heavy atom. The van der Waals surface area contributed by atoms with E-state index >= 15 is 0 Å². The number of carbonyl (C=O) groups is 2. The van der Waals surface area contributed by atoms with Crippen LogP contribution in [-0.2, 0) is 4.74 Å². The summed E-state index contributed by atoms with van der Waals surface area (Å²) in [7, 11) is 0. The third kappa shape index (κ3) is 3.12. The Labute approximate surface area is 154 Å². The third-order valence-corrected chi connectivity index (χ3v) is 4.43. The Kier molecular flexibility index (Phi) is 4.27. The first-order chi connectivity index (χ1) is 13.1. The summed E-state index contributed by atoms with van der Waals surface area (Å²) in [5.41, 5.74) is 2.06. The van der Waals surface area contributed by atoms with Crippen LogP contribution in [-0.4, -0.2) is 43.7 Å². The number of esters is 1. The molecule has 1 aliphatic carbocycles. The first kappa shape index (κ1) is 17.1. The third-order valence-electron chi connectivity index (χ3n) is 4.43. The van der Waals surface area contributed by atoms with Crippen LogP contribution in [0.4, 0.5) is 0 Å². The van der Waals surface area contributed by atoms with Crippen molar-refractivity contribution in [2.45, 2.75) is 32.6 Å². The average molecular weight is 367 g/mol. The lowest BCUT2D eigenvalue weighted by Crippen LogP contribution is -2.14. The van der Waals surface area contributed by atoms with Crippen LogP contribution in [0.5, 0.6) is 0 Å². The molecular weight excluding hydrogens is 350 g/mol. The molecular formula is C18H17N5O4. The molecule has 1 fully saturated rings. The number of aromatic nitrogens is 5. The van der Waals surface area contributed by atoms with Gasteiger partial charge in [-0.15, -0.1) is 5.10 Å². The van der Waals surface area contributed by atoms with Crippen molar-refractivity contribution in [3.8, 4) is 5.69 Å². The molecule has 1 aromatic carbocycles. The summed E-state index contributed by atoms with van der Waals surface area (Å²) in [5, 5.41) is 14.9. The summed E-state index contributed by atoms with van der Waals surface area (Å²) in [4.78, 5) is 25.5. The first-order valence-corrected chi connectivity index (χ1v) is 8.65. The number of rotatable bonds is 6. The molecule has 0 amide bonds. The Bertz CT molecular complexity index is 1000. The zero-order chi connectivity index (χ0) is 19.0.